The number of rotatable bonds is 7. The molecule has 9 nitrogen and oxygen atoms in total. The van der Waals surface area contributed by atoms with E-state index >= 15 is 0 Å². The number of hydrogen-bond acceptors (Lipinski definition) is 8. The summed E-state index contributed by atoms with van der Waals surface area (Å²) in [6.45, 7) is 14.7. The van der Waals surface area contributed by atoms with Crippen molar-refractivity contribution in [2.45, 2.75) is 121 Å². The van der Waals surface area contributed by atoms with Crippen LogP contribution in [0.1, 0.15) is 81.1 Å². The molecule has 0 aromatic rings. The molecule has 2 atom stereocenters. The molecular weight excluding hydrogens is 629 g/mol. The van der Waals surface area contributed by atoms with Crippen molar-refractivity contribution < 1.29 is 51.0 Å². The van der Waals surface area contributed by atoms with Gasteiger partial charge in [0, 0.05) is 24.0 Å². The van der Waals surface area contributed by atoms with E-state index in [1.165, 1.54) is 12.2 Å². The van der Waals surface area contributed by atoms with Gasteiger partial charge in [-0.05, 0) is 80.4 Å². The number of hydrogen-bond donors (Lipinski definition) is 0. The van der Waals surface area contributed by atoms with Gasteiger partial charge in [-0.15, -0.1) is 5.06 Å². The zero-order valence-corrected chi connectivity index (χ0v) is 28.3. The van der Waals surface area contributed by atoms with Crippen LogP contribution in [0.2, 0.25) is 11.6 Å². The zero-order chi connectivity index (χ0) is 35.4. The molecule has 5 aliphatic rings. The van der Waals surface area contributed by atoms with E-state index in [9.17, 15) is 27.6 Å². The second-order valence-electron chi connectivity index (χ2n) is 14.4. The third-order valence-electron chi connectivity index (χ3n) is 9.71. The first kappa shape index (κ1) is 35.7. The van der Waals surface area contributed by atoms with E-state index in [-0.39, 0.29) is 36.8 Å². The number of imide groups is 1. The van der Waals surface area contributed by atoms with E-state index in [1.54, 1.807) is 0 Å². The second-order valence-corrected chi connectivity index (χ2v) is 14.4. The fraction of sp³-hybridized carbons (Fsp3) is 0.559. The first-order chi connectivity index (χ1) is 22.1. The number of halogens is 3. The number of amides is 2. The lowest BCUT2D eigenvalue weighted by Gasteiger charge is -2.32. The predicted molar refractivity (Wildman–Crippen MR) is 170 cm³/mol. The van der Waals surface area contributed by atoms with Crippen molar-refractivity contribution in [3.63, 3.8) is 0 Å². The number of hydroxylamine groups is 2. The highest BCUT2D eigenvalue weighted by Gasteiger charge is 2.55. The van der Waals surface area contributed by atoms with Crippen molar-refractivity contribution in [1.29, 1.82) is 0 Å². The molecule has 14 heteroatoms. The van der Waals surface area contributed by atoms with Crippen LogP contribution in [0.15, 0.2) is 46.6 Å². The molecular formula is C34H38B2F3NO8. The average molecular weight is 667 g/mol. The van der Waals surface area contributed by atoms with Crippen molar-refractivity contribution in [3.8, 4) is 23.7 Å². The lowest BCUT2D eigenvalue weighted by atomic mass is 9.71. The Morgan fingerprint density at radius 3 is 1.65 bits per heavy atom. The molecule has 2 amide bonds. The van der Waals surface area contributed by atoms with Crippen LogP contribution in [0.25, 0.3) is 0 Å². The third kappa shape index (κ3) is 7.23. The zero-order valence-electron chi connectivity index (χ0n) is 28.3. The van der Waals surface area contributed by atoms with Crippen LogP contribution >= 0.6 is 0 Å². The van der Waals surface area contributed by atoms with Crippen LogP contribution in [-0.2, 0) is 37.8 Å². The Morgan fingerprint density at radius 1 is 0.792 bits per heavy atom. The maximum absolute atomic E-state index is 14.2. The van der Waals surface area contributed by atoms with Crippen molar-refractivity contribution in [2.24, 2.45) is 0 Å². The van der Waals surface area contributed by atoms with Crippen LogP contribution in [0.4, 0.5) is 13.2 Å². The fourth-order valence-corrected chi connectivity index (χ4v) is 5.37. The number of alkyl halides is 3. The quantitative estimate of drug-likeness (QED) is 0.197. The monoisotopic (exact) mass is 667 g/mol. The van der Waals surface area contributed by atoms with Gasteiger partial charge >= 0.3 is 26.4 Å². The second kappa shape index (κ2) is 12.4. The van der Waals surface area contributed by atoms with E-state index in [4.69, 9.17) is 23.5 Å². The lowest BCUT2D eigenvalue weighted by Crippen LogP contribution is -2.41. The van der Waals surface area contributed by atoms with E-state index in [1.807, 2.05) is 55.4 Å². The maximum Gasteiger partial charge on any atom is 0.478 e. The smallest absolute Gasteiger partial charge is 0.402 e. The van der Waals surface area contributed by atoms with Gasteiger partial charge in [0.25, 0.3) is 11.8 Å². The minimum Gasteiger partial charge on any atom is -0.402 e. The molecule has 0 aromatic carbocycles. The van der Waals surface area contributed by atoms with Gasteiger partial charge in [-0.2, -0.15) is 13.2 Å². The van der Waals surface area contributed by atoms with Gasteiger partial charge in [-0.1, -0.05) is 35.8 Å². The topological polar surface area (TPSA) is 101 Å². The predicted octanol–water partition coefficient (Wildman–Crippen LogP) is 5.60. The molecule has 3 fully saturated rings. The molecule has 3 heterocycles. The highest BCUT2D eigenvalue weighted by molar-refractivity contribution is 6.50. The van der Waals surface area contributed by atoms with Crippen molar-refractivity contribution in [3.05, 3.63) is 46.6 Å². The molecule has 5 rings (SSSR count). The summed E-state index contributed by atoms with van der Waals surface area (Å²) < 4.78 is 66.8. The Hall–Kier alpha value is -3.55. The van der Waals surface area contributed by atoms with Gasteiger partial charge < -0.3 is 23.5 Å². The van der Waals surface area contributed by atoms with E-state index in [2.05, 4.69) is 23.7 Å². The van der Waals surface area contributed by atoms with Crippen LogP contribution in [0.5, 0.6) is 0 Å². The number of allylic oxidation sites excluding steroid dienone is 6. The minimum absolute atomic E-state index is 0.0349. The van der Waals surface area contributed by atoms with Crippen LogP contribution in [0.3, 0.4) is 0 Å². The number of nitrogens with zero attached hydrogens (tertiary/aromatic N) is 1. The van der Waals surface area contributed by atoms with Gasteiger partial charge in [0.2, 0.25) is 0 Å². The van der Waals surface area contributed by atoms with Crippen LogP contribution in [0, 0.1) is 23.7 Å². The molecule has 0 bridgehead atoms. The maximum atomic E-state index is 14.2. The Labute approximate surface area is 279 Å². The standard InChI is InChI=1S/C34H38B2F3NO8/c1-30(2)31(3,4)46-35(45-30)25-13-11-21(17-23(19-25)29(43)44-40-27(41)15-16-28(40)42)9-10-22-12-14-26(20-24(18-22)34(37,38)39)36-47-32(5,6)33(7,8)48-36/h17-20,25-26H,9-10,15-16H2,1-8H3. The summed E-state index contributed by atoms with van der Waals surface area (Å²) in [5.41, 5.74) is -3.23. The summed E-state index contributed by atoms with van der Waals surface area (Å²) in [5, 5.41) is 0.444. The van der Waals surface area contributed by atoms with Gasteiger partial charge in [0.1, 0.15) is 0 Å². The summed E-state index contributed by atoms with van der Waals surface area (Å²) in [4.78, 5) is 42.8. The lowest BCUT2D eigenvalue weighted by molar-refractivity contribution is -0.194. The highest BCUT2D eigenvalue weighted by atomic mass is 19.4. The molecule has 48 heavy (non-hydrogen) atoms. The first-order valence-electron chi connectivity index (χ1n) is 15.8. The van der Waals surface area contributed by atoms with E-state index in [0.717, 1.165) is 12.2 Å². The summed E-state index contributed by atoms with van der Waals surface area (Å²) >= 11 is 0. The molecule has 3 aliphatic heterocycles. The summed E-state index contributed by atoms with van der Waals surface area (Å²) in [7, 11) is -1.86. The summed E-state index contributed by atoms with van der Waals surface area (Å²) in [6, 6.07) is 0. The Kier molecular flexibility index (Phi) is 9.24. The summed E-state index contributed by atoms with van der Waals surface area (Å²) in [5.74, 6) is 7.85. The molecule has 0 saturated carbocycles. The summed E-state index contributed by atoms with van der Waals surface area (Å²) in [6.07, 6.45) is 0.307. The Bertz CT molecular complexity index is 1620. The minimum atomic E-state index is -4.66. The van der Waals surface area contributed by atoms with Crippen molar-refractivity contribution in [1.82, 2.24) is 5.06 Å². The van der Waals surface area contributed by atoms with Gasteiger partial charge in [-0.25, -0.2) is 4.79 Å². The van der Waals surface area contributed by atoms with Gasteiger partial charge in [0.05, 0.1) is 45.2 Å². The molecule has 0 spiro atoms. The van der Waals surface area contributed by atoms with Gasteiger partial charge in [0.15, 0.2) is 0 Å². The number of carbonyl (C=O) groups is 3. The molecule has 2 unspecified atom stereocenters. The van der Waals surface area contributed by atoms with Crippen molar-refractivity contribution in [2.75, 3.05) is 0 Å². The Balaban J connectivity index is 1.40. The molecule has 0 radical (unpaired) electrons. The molecule has 3 saturated heterocycles. The van der Waals surface area contributed by atoms with Crippen LogP contribution < -0.4 is 0 Å². The molecule has 0 aromatic heterocycles. The van der Waals surface area contributed by atoms with E-state index < -0.39 is 77.8 Å². The molecule has 254 valence electrons. The van der Waals surface area contributed by atoms with Crippen molar-refractivity contribution >= 4 is 32.0 Å². The highest BCUT2D eigenvalue weighted by Crippen LogP contribution is 2.43. The normalized spacial score (nSPS) is 27.1. The largest absolute Gasteiger partial charge is 0.478 e. The first-order valence-corrected chi connectivity index (χ1v) is 15.8. The average Bonchev–Trinajstić information content (AvgIpc) is 3.29. The third-order valence-corrected chi connectivity index (χ3v) is 9.71. The molecule has 0 N–H and O–H groups in total. The molecule has 2 aliphatic carbocycles. The van der Waals surface area contributed by atoms with E-state index in [0.29, 0.717) is 10.6 Å². The van der Waals surface area contributed by atoms with Crippen LogP contribution in [-0.4, -0.2) is 65.7 Å². The fourth-order valence-electron chi connectivity index (χ4n) is 5.37. The Morgan fingerprint density at radius 2 is 1.21 bits per heavy atom. The SMILES string of the molecule is CC1(C)OB(C2C#CC(CCC3=CC(C(F)(F)F)=CC(B4OC(C)(C)C(C)(C)O4)C#C3)=CC(C(=O)ON3C(=O)CCC3=O)=C2)OC1(C)C. The van der Waals surface area contributed by atoms with Gasteiger partial charge in [-0.3, -0.25) is 9.59 Å². The number of carbonyl (C=O) groups excluding carboxylic acids is 3.